The Bertz CT molecular complexity index is 344. The van der Waals surface area contributed by atoms with Crippen molar-refractivity contribution in [3.05, 3.63) is 29.0 Å². The zero-order valence-corrected chi connectivity index (χ0v) is 10.5. The first-order chi connectivity index (χ1) is 7.54. The Labute approximate surface area is 101 Å². The third-order valence-electron chi connectivity index (χ3n) is 2.42. The van der Waals surface area contributed by atoms with Crippen molar-refractivity contribution in [3.63, 3.8) is 0 Å². The zero-order chi connectivity index (χ0) is 12.1. The average Bonchev–Trinajstić information content (AvgIpc) is 2.22. The first kappa shape index (κ1) is 13.3. The minimum atomic E-state index is -0.300. The van der Waals surface area contributed by atoms with Crippen LogP contribution < -0.4 is 5.32 Å². The van der Waals surface area contributed by atoms with Crippen LogP contribution in [0.5, 0.6) is 0 Å². The van der Waals surface area contributed by atoms with Crippen LogP contribution in [0.25, 0.3) is 0 Å². The maximum absolute atomic E-state index is 13.5. The molecule has 0 aliphatic heterocycles. The lowest BCUT2D eigenvalue weighted by atomic mass is 10.1. The van der Waals surface area contributed by atoms with Crippen LogP contribution in [0, 0.1) is 11.7 Å². The van der Waals surface area contributed by atoms with Crippen molar-refractivity contribution >= 4 is 17.3 Å². The van der Waals surface area contributed by atoms with Crippen LogP contribution >= 0.6 is 11.6 Å². The van der Waals surface area contributed by atoms with E-state index in [2.05, 4.69) is 19.2 Å². The van der Waals surface area contributed by atoms with Gasteiger partial charge < -0.3 is 10.1 Å². The molecule has 0 amide bonds. The predicted octanol–water partition coefficient (Wildman–Crippen LogP) is 3.56. The summed E-state index contributed by atoms with van der Waals surface area (Å²) in [5.74, 6) is 0.0458. The second kappa shape index (κ2) is 6.06. The molecule has 1 aromatic carbocycles. The molecule has 0 fully saturated rings. The van der Waals surface area contributed by atoms with Crippen molar-refractivity contribution < 1.29 is 9.13 Å². The van der Waals surface area contributed by atoms with Gasteiger partial charge in [-0.3, -0.25) is 0 Å². The number of hydrogen-bond donors (Lipinski definition) is 1. The molecule has 2 nitrogen and oxygen atoms in total. The van der Waals surface area contributed by atoms with E-state index in [1.54, 1.807) is 13.2 Å². The minimum Gasteiger partial charge on any atom is -0.383 e. The smallest absolute Gasteiger partial charge is 0.146 e. The standard InChI is InChI=1S/C12H17ClFNO/c1-8(2)12(7-16-3)15-11-6-9(13)4-5-10(11)14/h4-6,8,12,15H,7H2,1-3H3. The summed E-state index contributed by atoms with van der Waals surface area (Å²) in [5, 5.41) is 3.62. The van der Waals surface area contributed by atoms with Crippen LogP contribution in [0.4, 0.5) is 10.1 Å². The van der Waals surface area contributed by atoms with E-state index in [9.17, 15) is 4.39 Å². The van der Waals surface area contributed by atoms with Gasteiger partial charge >= 0.3 is 0 Å². The van der Waals surface area contributed by atoms with E-state index >= 15 is 0 Å². The molecule has 4 heteroatoms. The van der Waals surface area contributed by atoms with Crippen molar-refractivity contribution in [1.82, 2.24) is 0 Å². The van der Waals surface area contributed by atoms with E-state index in [0.29, 0.717) is 23.2 Å². The maximum atomic E-state index is 13.5. The minimum absolute atomic E-state index is 0.0676. The molecule has 1 aromatic rings. The van der Waals surface area contributed by atoms with E-state index in [4.69, 9.17) is 16.3 Å². The molecule has 0 aliphatic carbocycles. The van der Waals surface area contributed by atoms with Crippen molar-refractivity contribution in [1.29, 1.82) is 0 Å². The molecule has 0 heterocycles. The molecule has 1 rings (SSSR count). The van der Waals surface area contributed by atoms with E-state index in [1.807, 2.05) is 0 Å². The molecule has 1 atom stereocenters. The topological polar surface area (TPSA) is 21.3 Å². The highest BCUT2D eigenvalue weighted by molar-refractivity contribution is 6.30. The van der Waals surface area contributed by atoms with Gasteiger partial charge in [-0.05, 0) is 24.1 Å². The van der Waals surface area contributed by atoms with Gasteiger partial charge in [-0.15, -0.1) is 0 Å². The first-order valence-electron chi connectivity index (χ1n) is 5.25. The summed E-state index contributed by atoms with van der Waals surface area (Å²) >= 11 is 5.82. The lowest BCUT2D eigenvalue weighted by Crippen LogP contribution is -2.30. The van der Waals surface area contributed by atoms with Crippen LogP contribution in [0.2, 0.25) is 5.02 Å². The predicted molar refractivity (Wildman–Crippen MR) is 65.5 cm³/mol. The molecule has 0 aliphatic rings. The normalized spacial score (nSPS) is 12.9. The van der Waals surface area contributed by atoms with Crippen molar-refractivity contribution in [2.75, 3.05) is 19.0 Å². The highest BCUT2D eigenvalue weighted by atomic mass is 35.5. The Morgan fingerprint density at radius 3 is 2.69 bits per heavy atom. The van der Waals surface area contributed by atoms with Gasteiger partial charge in [0.2, 0.25) is 0 Å². The van der Waals surface area contributed by atoms with Crippen LogP contribution in [0.1, 0.15) is 13.8 Å². The van der Waals surface area contributed by atoms with E-state index in [-0.39, 0.29) is 11.9 Å². The van der Waals surface area contributed by atoms with Gasteiger partial charge in [0, 0.05) is 12.1 Å². The number of anilines is 1. The SMILES string of the molecule is COCC(Nc1cc(Cl)ccc1F)C(C)C. The van der Waals surface area contributed by atoms with Crippen LogP contribution in [-0.2, 0) is 4.74 Å². The fraction of sp³-hybridized carbons (Fsp3) is 0.500. The van der Waals surface area contributed by atoms with Crippen molar-refractivity contribution in [3.8, 4) is 0 Å². The van der Waals surface area contributed by atoms with Crippen LogP contribution in [0.15, 0.2) is 18.2 Å². The molecule has 16 heavy (non-hydrogen) atoms. The number of nitrogens with one attached hydrogen (secondary N) is 1. The molecule has 1 unspecified atom stereocenters. The first-order valence-corrected chi connectivity index (χ1v) is 5.63. The number of benzene rings is 1. The number of rotatable bonds is 5. The Hall–Kier alpha value is -0.800. The van der Waals surface area contributed by atoms with Crippen LogP contribution in [0.3, 0.4) is 0 Å². The Morgan fingerprint density at radius 1 is 1.44 bits per heavy atom. The summed E-state index contributed by atoms with van der Waals surface area (Å²) in [6.45, 7) is 4.64. The highest BCUT2D eigenvalue weighted by Gasteiger charge is 2.14. The summed E-state index contributed by atoms with van der Waals surface area (Å²) in [6.07, 6.45) is 0. The van der Waals surface area contributed by atoms with E-state index < -0.39 is 0 Å². The van der Waals surface area contributed by atoms with Crippen molar-refractivity contribution in [2.45, 2.75) is 19.9 Å². The van der Waals surface area contributed by atoms with Gasteiger partial charge in [0.05, 0.1) is 18.3 Å². The maximum Gasteiger partial charge on any atom is 0.146 e. The summed E-state index contributed by atoms with van der Waals surface area (Å²) in [7, 11) is 1.63. The summed E-state index contributed by atoms with van der Waals surface area (Å²) < 4.78 is 18.6. The molecule has 1 N–H and O–H groups in total. The summed E-state index contributed by atoms with van der Waals surface area (Å²) in [6, 6.07) is 4.54. The van der Waals surface area contributed by atoms with Crippen LogP contribution in [-0.4, -0.2) is 19.8 Å². The molecule has 0 bridgehead atoms. The summed E-state index contributed by atoms with van der Waals surface area (Å²) in [5.41, 5.74) is 0.420. The van der Waals surface area contributed by atoms with Gasteiger partial charge in [0.1, 0.15) is 5.82 Å². The largest absolute Gasteiger partial charge is 0.383 e. The third kappa shape index (κ3) is 3.65. The number of hydrogen-bond acceptors (Lipinski definition) is 2. The number of methoxy groups -OCH3 is 1. The molecule has 90 valence electrons. The Balaban J connectivity index is 2.80. The zero-order valence-electron chi connectivity index (χ0n) is 9.76. The van der Waals surface area contributed by atoms with E-state index in [1.165, 1.54) is 12.1 Å². The fourth-order valence-electron chi connectivity index (χ4n) is 1.39. The molecule has 0 saturated heterocycles. The Kier molecular flexibility index (Phi) is 5.03. The fourth-order valence-corrected chi connectivity index (χ4v) is 1.56. The molecule has 0 radical (unpaired) electrons. The van der Waals surface area contributed by atoms with Gasteiger partial charge in [-0.25, -0.2) is 4.39 Å². The second-order valence-electron chi connectivity index (χ2n) is 4.07. The van der Waals surface area contributed by atoms with Gasteiger partial charge in [0.25, 0.3) is 0 Å². The third-order valence-corrected chi connectivity index (χ3v) is 2.66. The molecule has 0 saturated carbocycles. The molecule has 0 spiro atoms. The number of halogens is 2. The summed E-state index contributed by atoms with van der Waals surface area (Å²) in [4.78, 5) is 0. The number of ether oxygens (including phenoxy) is 1. The Morgan fingerprint density at radius 2 is 2.12 bits per heavy atom. The second-order valence-corrected chi connectivity index (χ2v) is 4.51. The quantitative estimate of drug-likeness (QED) is 0.857. The molecular formula is C12H17ClFNO. The highest BCUT2D eigenvalue weighted by Crippen LogP contribution is 2.21. The lowest BCUT2D eigenvalue weighted by molar-refractivity contribution is 0.171. The molecule has 0 aromatic heterocycles. The van der Waals surface area contributed by atoms with Gasteiger partial charge in [0.15, 0.2) is 0 Å². The van der Waals surface area contributed by atoms with Gasteiger partial charge in [-0.1, -0.05) is 25.4 Å². The van der Waals surface area contributed by atoms with Crippen molar-refractivity contribution in [2.24, 2.45) is 5.92 Å². The lowest BCUT2D eigenvalue weighted by Gasteiger charge is -2.23. The average molecular weight is 246 g/mol. The van der Waals surface area contributed by atoms with Gasteiger partial charge in [-0.2, -0.15) is 0 Å². The van der Waals surface area contributed by atoms with E-state index in [0.717, 1.165) is 0 Å². The monoisotopic (exact) mass is 245 g/mol. The molecular weight excluding hydrogens is 229 g/mol.